The van der Waals surface area contributed by atoms with E-state index in [1.165, 1.54) is 24.6 Å². The van der Waals surface area contributed by atoms with Gasteiger partial charge in [-0.25, -0.2) is 4.79 Å². The fraction of sp³-hybridized carbons (Fsp3) is 0.292. The van der Waals surface area contributed by atoms with Crippen molar-refractivity contribution in [2.75, 3.05) is 11.9 Å². The van der Waals surface area contributed by atoms with E-state index in [-0.39, 0.29) is 6.61 Å². The lowest BCUT2D eigenvalue weighted by atomic mass is 9.96. The predicted molar refractivity (Wildman–Crippen MR) is 117 cm³/mol. The lowest BCUT2D eigenvalue weighted by Gasteiger charge is -2.14. The van der Waals surface area contributed by atoms with Gasteiger partial charge in [-0.2, -0.15) is 0 Å². The average Bonchev–Trinajstić information content (AvgIpc) is 3.16. The number of hydrogen-bond acceptors (Lipinski definition) is 6. The zero-order valence-electron chi connectivity index (χ0n) is 17.7. The molecular formula is C24H24N2O6. The Balaban J connectivity index is 1.30. The van der Waals surface area contributed by atoms with E-state index >= 15 is 0 Å². The Bertz CT molecular complexity index is 1170. The Labute approximate surface area is 184 Å². The number of nitrogens with one attached hydrogen (secondary N) is 1. The summed E-state index contributed by atoms with van der Waals surface area (Å²) in [5, 5.41) is 3.63. The van der Waals surface area contributed by atoms with Gasteiger partial charge in [0.25, 0.3) is 5.91 Å². The number of carbonyl (C=O) groups excluding carboxylic acids is 3. The fourth-order valence-corrected chi connectivity index (χ4v) is 3.72. The third-order valence-corrected chi connectivity index (χ3v) is 5.40. The molecule has 166 valence electrons. The molecule has 3 aromatic rings. The zero-order valence-corrected chi connectivity index (χ0v) is 17.7. The van der Waals surface area contributed by atoms with Crippen molar-refractivity contribution in [3.63, 3.8) is 0 Å². The maximum atomic E-state index is 12.3. The van der Waals surface area contributed by atoms with Crippen LogP contribution in [-0.4, -0.2) is 30.5 Å². The first kappa shape index (κ1) is 21.4. The summed E-state index contributed by atoms with van der Waals surface area (Å²) in [4.78, 5) is 35.5. The van der Waals surface area contributed by atoms with Crippen LogP contribution in [0.25, 0.3) is 11.0 Å². The van der Waals surface area contributed by atoms with E-state index in [9.17, 15) is 14.4 Å². The monoisotopic (exact) mass is 436 g/mol. The van der Waals surface area contributed by atoms with Crippen LogP contribution in [0, 0.1) is 0 Å². The molecule has 1 aliphatic carbocycles. The highest BCUT2D eigenvalue weighted by Crippen LogP contribution is 2.33. The zero-order chi connectivity index (χ0) is 22.7. The van der Waals surface area contributed by atoms with Crippen LogP contribution in [0.4, 0.5) is 5.69 Å². The minimum atomic E-state index is -1.02. The van der Waals surface area contributed by atoms with Crippen molar-refractivity contribution in [2.24, 2.45) is 5.73 Å². The Hall–Kier alpha value is -3.81. The molecule has 2 aromatic carbocycles. The number of furan rings is 1. The minimum absolute atomic E-state index is 0.323. The minimum Gasteiger partial charge on any atom is -0.482 e. The van der Waals surface area contributed by atoms with Crippen molar-refractivity contribution >= 4 is 34.4 Å². The van der Waals surface area contributed by atoms with Crippen LogP contribution < -0.4 is 15.8 Å². The van der Waals surface area contributed by atoms with Gasteiger partial charge in [-0.3, -0.25) is 9.59 Å². The van der Waals surface area contributed by atoms with Gasteiger partial charge in [0.2, 0.25) is 5.91 Å². The van der Waals surface area contributed by atoms with E-state index in [2.05, 4.69) is 5.32 Å². The number of rotatable bonds is 7. The standard InChI is InChI=1S/C24H24N2O6/c1-14(24(29)26-16-8-6-15(7-9-16)23(25)28)31-22(27)13-30-17-10-11-21-19(12-17)18-4-2-3-5-20(18)32-21/h6-12,14H,2-5,13H2,1H3,(H2,25,28)(H,26,29). The maximum absolute atomic E-state index is 12.3. The van der Waals surface area contributed by atoms with E-state index < -0.39 is 23.9 Å². The molecule has 0 radical (unpaired) electrons. The maximum Gasteiger partial charge on any atom is 0.344 e. The number of nitrogens with two attached hydrogens (primary N) is 1. The fourth-order valence-electron chi connectivity index (χ4n) is 3.72. The lowest BCUT2D eigenvalue weighted by Crippen LogP contribution is -2.31. The molecule has 1 aromatic heterocycles. The summed E-state index contributed by atoms with van der Waals surface area (Å²) in [6.07, 6.45) is 3.17. The van der Waals surface area contributed by atoms with Gasteiger partial charge in [0.1, 0.15) is 17.1 Å². The highest BCUT2D eigenvalue weighted by atomic mass is 16.6. The third-order valence-electron chi connectivity index (χ3n) is 5.40. The number of benzene rings is 2. The molecule has 2 amide bonds. The Morgan fingerprint density at radius 3 is 2.59 bits per heavy atom. The lowest BCUT2D eigenvalue weighted by molar-refractivity contribution is -0.155. The predicted octanol–water partition coefficient (Wildman–Crippen LogP) is 3.36. The quantitative estimate of drug-likeness (QED) is 0.548. The second-order valence-electron chi connectivity index (χ2n) is 7.72. The number of ether oxygens (including phenoxy) is 2. The van der Waals surface area contributed by atoms with Gasteiger partial charge in [0.15, 0.2) is 12.7 Å². The van der Waals surface area contributed by atoms with Crippen LogP contribution in [0.3, 0.4) is 0 Å². The second-order valence-corrected chi connectivity index (χ2v) is 7.72. The van der Waals surface area contributed by atoms with Gasteiger partial charge in [0.05, 0.1) is 0 Å². The second kappa shape index (κ2) is 9.13. The van der Waals surface area contributed by atoms with Gasteiger partial charge in [-0.1, -0.05) is 0 Å². The average molecular weight is 436 g/mol. The molecule has 8 nitrogen and oxygen atoms in total. The molecule has 1 heterocycles. The van der Waals surface area contributed by atoms with Crippen molar-refractivity contribution in [1.82, 2.24) is 0 Å². The number of amides is 2. The normalized spacial score (nSPS) is 13.8. The number of fused-ring (bicyclic) bond motifs is 3. The topological polar surface area (TPSA) is 121 Å². The molecular weight excluding hydrogens is 412 g/mol. The van der Waals surface area contributed by atoms with E-state index in [1.54, 1.807) is 18.2 Å². The molecule has 8 heteroatoms. The van der Waals surface area contributed by atoms with Crippen molar-refractivity contribution in [3.05, 3.63) is 59.4 Å². The van der Waals surface area contributed by atoms with Crippen molar-refractivity contribution in [1.29, 1.82) is 0 Å². The molecule has 3 N–H and O–H groups in total. The number of primary amides is 1. The SMILES string of the molecule is CC(OC(=O)COc1ccc2oc3c(c2c1)CCCC3)C(=O)Nc1ccc(C(N)=O)cc1. The number of esters is 1. The van der Waals surface area contributed by atoms with Gasteiger partial charge in [-0.15, -0.1) is 0 Å². The van der Waals surface area contributed by atoms with Crippen LogP contribution in [-0.2, 0) is 27.2 Å². The largest absolute Gasteiger partial charge is 0.482 e. The van der Waals surface area contributed by atoms with Crippen molar-refractivity contribution < 1.29 is 28.3 Å². The van der Waals surface area contributed by atoms with Crippen LogP contribution >= 0.6 is 0 Å². The number of hydrogen-bond donors (Lipinski definition) is 2. The van der Waals surface area contributed by atoms with E-state index in [0.717, 1.165) is 42.4 Å². The van der Waals surface area contributed by atoms with Crippen LogP contribution in [0.2, 0.25) is 0 Å². The Kier molecular flexibility index (Phi) is 6.11. The molecule has 1 atom stereocenters. The van der Waals surface area contributed by atoms with Gasteiger partial charge >= 0.3 is 5.97 Å². The first-order chi connectivity index (χ1) is 15.4. The summed E-state index contributed by atoms with van der Waals surface area (Å²) in [7, 11) is 0. The van der Waals surface area contributed by atoms with Crippen LogP contribution in [0.5, 0.6) is 5.75 Å². The summed E-state index contributed by atoms with van der Waals surface area (Å²) in [5.74, 6) is -0.151. The summed E-state index contributed by atoms with van der Waals surface area (Å²) >= 11 is 0. The highest BCUT2D eigenvalue weighted by Gasteiger charge is 2.20. The number of aryl methyl sites for hydroxylation is 2. The smallest absolute Gasteiger partial charge is 0.344 e. The van der Waals surface area contributed by atoms with Gasteiger partial charge in [-0.05, 0) is 68.7 Å². The molecule has 0 saturated carbocycles. The van der Waals surface area contributed by atoms with E-state index in [0.29, 0.717) is 17.0 Å². The molecule has 0 saturated heterocycles. The van der Waals surface area contributed by atoms with Gasteiger partial charge < -0.3 is 24.9 Å². The summed E-state index contributed by atoms with van der Waals surface area (Å²) < 4.78 is 16.6. The molecule has 0 aliphatic heterocycles. The molecule has 0 bridgehead atoms. The highest BCUT2D eigenvalue weighted by molar-refractivity contribution is 5.96. The summed E-state index contributed by atoms with van der Waals surface area (Å²) in [6.45, 7) is 1.14. The van der Waals surface area contributed by atoms with E-state index in [4.69, 9.17) is 19.6 Å². The molecule has 4 rings (SSSR count). The Morgan fingerprint density at radius 1 is 1.09 bits per heavy atom. The van der Waals surface area contributed by atoms with Crippen molar-refractivity contribution in [3.8, 4) is 5.75 Å². The molecule has 1 aliphatic rings. The molecule has 0 fully saturated rings. The number of carbonyl (C=O) groups is 3. The first-order valence-corrected chi connectivity index (χ1v) is 10.5. The van der Waals surface area contributed by atoms with Gasteiger partial charge in [0, 0.05) is 28.6 Å². The summed E-state index contributed by atoms with van der Waals surface area (Å²) in [6, 6.07) is 11.5. The van der Waals surface area contributed by atoms with E-state index in [1.807, 2.05) is 12.1 Å². The number of anilines is 1. The first-order valence-electron chi connectivity index (χ1n) is 10.5. The van der Waals surface area contributed by atoms with Crippen LogP contribution in [0.1, 0.15) is 41.4 Å². The summed E-state index contributed by atoms with van der Waals surface area (Å²) in [5.41, 5.74) is 8.01. The molecule has 32 heavy (non-hydrogen) atoms. The molecule has 0 spiro atoms. The van der Waals surface area contributed by atoms with Crippen LogP contribution in [0.15, 0.2) is 46.9 Å². The Morgan fingerprint density at radius 2 is 1.84 bits per heavy atom. The third kappa shape index (κ3) is 4.74. The van der Waals surface area contributed by atoms with Crippen molar-refractivity contribution in [2.45, 2.75) is 38.7 Å². The molecule has 1 unspecified atom stereocenters.